The van der Waals surface area contributed by atoms with Crippen LogP contribution >= 0.6 is 15.9 Å². The van der Waals surface area contributed by atoms with E-state index in [1.807, 2.05) is 12.1 Å². The zero-order valence-electron chi connectivity index (χ0n) is 13.8. The van der Waals surface area contributed by atoms with Gasteiger partial charge in [0.25, 0.3) is 0 Å². The summed E-state index contributed by atoms with van der Waals surface area (Å²) in [7, 11) is 0. The predicted octanol–water partition coefficient (Wildman–Crippen LogP) is 5.35. The number of ether oxygens (including phenoxy) is 1. The maximum Gasteiger partial charge on any atom is 0.129 e. The lowest BCUT2D eigenvalue weighted by Crippen LogP contribution is -2.36. The molecule has 4 rings (SSSR count). The molecule has 2 N–H and O–H groups in total. The summed E-state index contributed by atoms with van der Waals surface area (Å²) in [4.78, 5) is 0. The molecule has 0 bridgehead atoms. The number of phenols is 1. The van der Waals surface area contributed by atoms with Crippen molar-refractivity contribution in [2.75, 3.05) is 11.9 Å². The molecule has 2 heterocycles. The minimum atomic E-state index is 0.152. The molecule has 3 atom stereocenters. The Labute approximate surface area is 151 Å². The first kappa shape index (κ1) is 16.0. The highest BCUT2D eigenvalue weighted by Crippen LogP contribution is 2.49. The molecule has 0 unspecified atom stereocenters. The summed E-state index contributed by atoms with van der Waals surface area (Å²) in [5.74, 6) is 0.689. The van der Waals surface area contributed by atoms with Crippen LogP contribution in [0.2, 0.25) is 0 Å². The van der Waals surface area contributed by atoms with E-state index in [9.17, 15) is 5.11 Å². The molecule has 2 aromatic rings. The number of anilines is 1. The fourth-order valence-electron chi connectivity index (χ4n) is 3.99. The first-order valence-corrected chi connectivity index (χ1v) is 9.46. The topological polar surface area (TPSA) is 41.5 Å². The average molecular weight is 388 g/mol. The van der Waals surface area contributed by atoms with Crippen LogP contribution in [-0.2, 0) is 11.2 Å². The van der Waals surface area contributed by atoms with Gasteiger partial charge in [-0.2, -0.15) is 0 Å². The summed E-state index contributed by atoms with van der Waals surface area (Å²) < 4.78 is 6.95. The van der Waals surface area contributed by atoms with Gasteiger partial charge in [0, 0.05) is 23.8 Å². The van der Waals surface area contributed by atoms with Crippen molar-refractivity contribution >= 4 is 21.6 Å². The molecule has 0 saturated carbocycles. The maximum atomic E-state index is 9.80. The van der Waals surface area contributed by atoms with Crippen LogP contribution in [0.25, 0.3) is 0 Å². The van der Waals surface area contributed by atoms with Crippen molar-refractivity contribution in [3.05, 3.63) is 57.6 Å². The van der Waals surface area contributed by atoms with E-state index >= 15 is 0 Å². The van der Waals surface area contributed by atoms with Gasteiger partial charge in [-0.05, 0) is 64.5 Å². The summed E-state index contributed by atoms with van der Waals surface area (Å²) >= 11 is 3.44. The number of hydrogen-bond donors (Lipinski definition) is 2. The van der Waals surface area contributed by atoms with Crippen molar-refractivity contribution in [1.29, 1.82) is 0 Å². The number of halogens is 1. The van der Waals surface area contributed by atoms with Crippen LogP contribution in [0.5, 0.6) is 5.75 Å². The van der Waals surface area contributed by atoms with E-state index in [4.69, 9.17) is 4.74 Å². The van der Waals surface area contributed by atoms with Crippen LogP contribution < -0.4 is 5.32 Å². The Morgan fingerprint density at radius 1 is 1.25 bits per heavy atom. The second kappa shape index (κ2) is 6.41. The number of rotatable bonds is 2. The van der Waals surface area contributed by atoms with E-state index in [-0.39, 0.29) is 17.9 Å². The molecule has 0 aromatic heterocycles. The molecule has 0 amide bonds. The molecule has 1 saturated heterocycles. The SMILES string of the molecule is CCc1ccc2c(c1)[C@@H]1OCCC[C@@H]1[C@@H](c1ccc(O)c(Br)c1)N2. The summed E-state index contributed by atoms with van der Waals surface area (Å²) in [6.07, 6.45) is 3.44. The van der Waals surface area contributed by atoms with Crippen molar-refractivity contribution in [2.24, 2.45) is 5.92 Å². The lowest BCUT2D eigenvalue weighted by Gasteiger charge is -2.43. The third-order valence-corrected chi connectivity index (χ3v) is 5.90. The molecule has 24 heavy (non-hydrogen) atoms. The van der Waals surface area contributed by atoms with Crippen LogP contribution in [0.1, 0.15) is 48.6 Å². The van der Waals surface area contributed by atoms with E-state index in [1.165, 1.54) is 22.4 Å². The van der Waals surface area contributed by atoms with E-state index in [1.54, 1.807) is 6.07 Å². The Morgan fingerprint density at radius 2 is 2.12 bits per heavy atom. The molecule has 2 aliphatic heterocycles. The minimum Gasteiger partial charge on any atom is -0.507 e. The lowest BCUT2D eigenvalue weighted by atomic mass is 9.77. The quantitative estimate of drug-likeness (QED) is 0.729. The predicted molar refractivity (Wildman–Crippen MR) is 99.4 cm³/mol. The molecule has 1 fully saturated rings. The van der Waals surface area contributed by atoms with Gasteiger partial charge < -0.3 is 15.2 Å². The van der Waals surface area contributed by atoms with E-state index in [2.05, 4.69) is 46.4 Å². The standard InChI is InChI=1S/C20H22BrNO2/c1-2-12-5-7-17-15(10-12)20-14(4-3-9-24-20)19(22-17)13-6-8-18(23)16(21)11-13/h5-8,10-11,14,19-20,22-23H,2-4,9H2,1H3/t14-,19-,20-/m1/s1. The van der Waals surface area contributed by atoms with Gasteiger partial charge in [0.05, 0.1) is 16.6 Å². The maximum absolute atomic E-state index is 9.80. The summed E-state index contributed by atoms with van der Waals surface area (Å²) in [5, 5.41) is 13.5. The second-order valence-corrected chi connectivity index (χ2v) is 7.56. The highest BCUT2D eigenvalue weighted by Gasteiger charge is 2.39. The summed E-state index contributed by atoms with van der Waals surface area (Å²) in [6.45, 7) is 3.02. The van der Waals surface area contributed by atoms with E-state index < -0.39 is 0 Å². The van der Waals surface area contributed by atoms with Gasteiger partial charge in [-0.1, -0.05) is 25.1 Å². The largest absolute Gasteiger partial charge is 0.507 e. The zero-order chi connectivity index (χ0) is 16.7. The molecule has 3 nitrogen and oxygen atoms in total. The molecule has 2 aliphatic rings. The van der Waals surface area contributed by atoms with Gasteiger partial charge in [0.1, 0.15) is 5.75 Å². The molecule has 2 aromatic carbocycles. The molecular weight excluding hydrogens is 366 g/mol. The van der Waals surface area contributed by atoms with Crippen LogP contribution in [0, 0.1) is 5.92 Å². The second-order valence-electron chi connectivity index (χ2n) is 6.71. The highest BCUT2D eigenvalue weighted by molar-refractivity contribution is 9.10. The molecule has 0 aliphatic carbocycles. The normalized spacial score (nSPS) is 25.5. The summed E-state index contributed by atoms with van der Waals surface area (Å²) in [5.41, 5.74) is 5.01. The van der Waals surface area contributed by atoms with Crippen molar-refractivity contribution in [2.45, 2.75) is 38.3 Å². The Kier molecular flexibility index (Phi) is 4.27. The third kappa shape index (κ3) is 2.72. The molecular formula is C20H22BrNO2. The molecule has 0 spiro atoms. The van der Waals surface area contributed by atoms with Crippen LogP contribution in [0.3, 0.4) is 0 Å². The fraction of sp³-hybridized carbons (Fsp3) is 0.400. The van der Waals surface area contributed by atoms with Gasteiger partial charge in [0.2, 0.25) is 0 Å². The fourth-order valence-corrected chi connectivity index (χ4v) is 4.38. The first-order chi connectivity index (χ1) is 11.7. The molecule has 4 heteroatoms. The van der Waals surface area contributed by atoms with Crippen molar-refractivity contribution in [3.8, 4) is 5.75 Å². The van der Waals surface area contributed by atoms with Gasteiger partial charge in [0.15, 0.2) is 0 Å². The number of benzene rings is 2. The molecule has 126 valence electrons. The first-order valence-electron chi connectivity index (χ1n) is 8.66. The number of aromatic hydroxyl groups is 1. The third-order valence-electron chi connectivity index (χ3n) is 5.27. The minimum absolute atomic E-state index is 0.152. The van der Waals surface area contributed by atoms with Gasteiger partial charge >= 0.3 is 0 Å². The Morgan fingerprint density at radius 3 is 2.92 bits per heavy atom. The van der Waals surface area contributed by atoms with Crippen molar-refractivity contribution in [1.82, 2.24) is 0 Å². The number of nitrogens with one attached hydrogen (secondary N) is 1. The van der Waals surface area contributed by atoms with Gasteiger partial charge in [-0.25, -0.2) is 0 Å². The molecule has 0 radical (unpaired) electrons. The number of aryl methyl sites for hydroxylation is 1. The Hall–Kier alpha value is -1.52. The van der Waals surface area contributed by atoms with E-state index in [0.29, 0.717) is 5.92 Å². The van der Waals surface area contributed by atoms with Crippen molar-refractivity contribution < 1.29 is 9.84 Å². The van der Waals surface area contributed by atoms with Gasteiger partial charge in [-0.15, -0.1) is 0 Å². The van der Waals surface area contributed by atoms with E-state index in [0.717, 1.165) is 30.3 Å². The lowest BCUT2D eigenvalue weighted by molar-refractivity contribution is -0.0381. The highest BCUT2D eigenvalue weighted by atomic mass is 79.9. The monoisotopic (exact) mass is 387 g/mol. The van der Waals surface area contributed by atoms with Crippen LogP contribution in [0.15, 0.2) is 40.9 Å². The average Bonchev–Trinajstić information content (AvgIpc) is 2.63. The van der Waals surface area contributed by atoms with Crippen molar-refractivity contribution in [3.63, 3.8) is 0 Å². The zero-order valence-corrected chi connectivity index (χ0v) is 15.3. The summed E-state index contributed by atoms with van der Waals surface area (Å²) in [6, 6.07) is 12.7. The van der Waals surface area contributed by atoms with Crippen LogP contribution in [-0.4, -0.2) is 11.7 Å². The smallest absolute Gasteiger partial charge is 0.129 e. The number of hydrogen-bond acceptors (Lipinski definition) is 3. The Bertz CT molecular complexity index is 761. The Balaban J connectivity index is 1.77. The number of fused-ring (bicyclic) bond motifs is 3. The number of phenolic OH excluding ortho intramolecular Hbond substituents is 1. The van der Waals surface area contributed by atoms with Crippen LogP contribution in [0.4, 0.5) is 5.69 Å². The van der Waals surface area contributed by atoms with Gasteiger partial charge in [-0.3, -0.25) is 0 Å².